The highest BCUT2D eigenvalue weighted by Crippen LogP contribution is 2.31. The molecule has 1 aromatic rings. The van der Waals surface area contributed by atoms with Crippen molar-refractivity contribution < 1.29 is 14.3 Å². The molecule has 1 unspecified atom stereocenters. The summed E-state index contributed by atoms with van der Waals surface area (Å²) in [6.07, 6.45) is 4.64. The van der Waals surface area contributed by atoms with E-state index in [0.29, 0.717) is 25.6 Å². The zero-order valence-electron chi connectivity index (χ0n) is 19.1. The minimum atomic E-state index is -0.0994. The number of anilines is 1. The summed E-state index contributed by atoms with van der Waals surface area (Å²) in [5.74, 6) is 1.32. The quantitative estimate of drug-likeness (QED) is 0.659. The number of carbonyl (C=O) groups excluding carboxylic acids is 2. The van der Waals surface area contributed by atoms with Gasteiger partial charge in [0.25, 0.3) is 0 Å². The monoisotopic (exact) mass is 431 g/mol. The first-order chi connectivity index (χ1) is 15.0. The van der Waals surface area contributed by atoms with E-state index in [-0.39, 0.29) is 18.0 Å². The van der Waals surface area contributed by atoms with Gasteiger partial charge in [-0.1, -0.05) is 12.8 Å². The van der Waals surface area contributed by atoms with Crippen molar-refractivity contribution in [1.82, 2.24) is 20.0 Å². The predicted octanol–water partition coefficient (Wildman–Crippen LogP) is 2.08. The number of nitrogens with one attached hydrogen (secondary N) is 2. The number of benzene rings is 1. The Hall–Kier alpha value is -2.32. The van der Waals surface area contributed by atoms with Crippen molar-refractivity contribution in [3.8, 4) is 5.75 Å². The van der Waals surface area contributed by atoms with Gasteiger partial charge < -0.3 is 25.2 Å². The fourth-order valence-corrected chi connectivity index (χ4v) is 4.54. The molecular weight excluding hydrogens is 394 g/mol. The van der Waals surface area contributed by atoms with Crippen LogP contribution in [0.4, 0.5) is 10.5 Å². The number of methoxy groups -OCH3 is 1. The number of amides is 3. The molecule has 2 N–H and O–H groups in total. The van der Waals surface area contributed by atoms with Crippen LogP contribution in [0.25, 0.3) is 0 Å². The second kappa shape index (κ2) is 11.3. The first kappa shape index (κ1) is 23.3. The molecule has 172 valence electrons. The molecule has 3 amide bonds. The molecule has 8 heteroatoms. The number of piperazine rings is 1. The largest absolute Gasteiger partial charge is 0.497 e. The summed E-state index contributed by atoms with van der Waals surface area (Å²) in [7, 11) is 5.64. The van der Waals surface area contributed by atoms with Crippen molar-refractivity contribution in [3.05, 3.63) is 24.3 Å². The van der Waals surface area contributed by atoms with Gasteiger partial charge in [-0.3, -0.25) is 9.69 Å². The Morgan fingerprint density at radius 1 is 1.10 bits per heavy atom. The smallest absolute Gasteiger partial charge is 0.321 e. The minimum Gasteiger partial charge on any atom is -0.497 e. The van der Waals surface area contributed by atoms with E-state index in [0.717, 1.165) is 43.9 Å². The van der Waals surface area contributed by atoms with E-state index in [1.54, 1.807) is 7.11 Å². The van der Waals surface area contributed by atoms with Gasteiger partial charge in [0.15, 0.2) is 0 Å². The molecule has 2 fully saturated rings. The van der Waals surface area contributed by atoms with E-state index in [1.807, 2.05) is 43.3 Å². The van der Waals surface area contributed by atoms with Crippen molar-refractivity contribution in [3.63, 3.8) is 0 Å². The van der Waals surface area contributed by atoms with Crippen molar-refractivity contribution in [2.75, 3.05) is 65.8 Å². The molecule has 1 saturated heterocycles. The molecule has 0 aromatic heterocycles. The van der Waals surface area contributed by atoms with Gasteiger partial charge in [-0.15, -0.1) is 0 Å². The maximum absolute atomic E-state index is 13.0. The Morgan fingerprint density at radius 2 is 1.74 bits per heavy atom. The fraction of sp³-hybridized carbons (Fsp3) is 0.652. The highest BCUT2D eigenvalue weighted by atomic mass is 16.5. The van der Waals surface area contributed by atoms with E-state index in [9.17, 15) is 9.59 Å². The number of ether oxygens (including phenoxy) is 1. The van der Waals surface area contributed by atoms with Crippen LogP contribution in [0, 0.1) is 5.92 Å². The second-order valence-electron chi connectivity index (χ2n) is 8.77. The number of nitrogens with zero attached hydrogens (tertiary/aromatic N) is 3. The van der Waals surface area contributed by atoms with Crippen LogP contribution in [0.15, 0.2) is 24.3 Å². The first-order valence-electron chi connectivity index (χ1n) is 11.3. The third-order valence-electron chi connectivity index (χ3n) is 6.31. The van der Waals surface area contributed by atoms with Crippen LogP contribution in [0.2, 0.25) is 0 Å². The topological polar surface area (TPSA) is 77.1 Å². The van der Waals surface area contributed by atoms with Crippen LogP contribution in [0.5, 0.6) is 5.75 Å². The van der Waals surface area contributed by atoms with Gasteiger partial charge in [0.2, 0.25) is 5.91 Å². The predicted molar refractivity (Wildman–Crippen MR) is 122 cm³/mol. The van der Waals surface area contributed by atoms with Crippen LogP contribution in [-0.2, 0) is 4.79 Å². The zero-order chi connectivity index (χ0) is 22.2. The summed E-state index contributed by atoms with van der Waals surface area (Å²) in [6, 6.07) is 7.14. The van der Waals surface area contributed by atoms with Gasteiger partial charge in [-0.2, -0.15) is 0 Å². The van der Waals surface area contributed by atoms with Crippen LogP contribution >= 0.6 is 0 Å². The zero-order valence-corrected chi connectivity index (χ0v) is 19.1. The van der Waals surface area contributed by atoms with E-state index in [2.05, 4.69) is 20.4 Å². The lowest BCUT2D eigenvalue weighted by molar-refractivity contribution is -0.129. The minimum absolute atomic E-state index is 0.0866. The number of carbonyl (C=O) groups is 2. The Labute approximate surface area is 185 Å². The Kier molecular flexibility index (Phi) is 8.54. The summed E-state index contributed by atoms with van der Waals surface area (Å²) in [6.45, 7) is 4.19. The molecule has 8 nitrogen and oxygen atoms in total. The number of hydrogen-bond donors (Lipinski definition) is 2. The van der Waals surface area contributed by atoms with Crippen molar-refractivity contribution in [2.24, 2.45) is 5.92 Å². The molecular formula is C23H37N5O3. The average molecular weight is 432 g/mol. The Balaban J connectivity index is 1.54. The summed E-state index contributed by atoms with van der Waals surface area (Å²) < 4.78 is 5.16. The summed E-state index contributed by atoms with van der Waals surface area (Å²) in [5, 5.41) is 6.09. The lowest BCUT2D eigenvalue weighted by Crippen LogP contribution is -2.58. The van der Waals surface area contributed by atoms with Crippen LogP contribution in [0.1, 0.15) is 25.7 Å². The molecule has 1 atom stereocenters. The second-order valence-corrected chi connectivity index (χ2v) is 8.77. The van der Waals surface area contributed by atoms with Crippen LogP contribution in [0.3, 0.4) is 0 Å². The van der Waals surface area contributed by atoms with Gasteiger partial charge in [0.1, 0.15) is 5.75 Å². The molecule has 0 spiro atoms. The van der Waals surface area contributed by atoms with Crippen LogP contribution in [-0.4, -0.2) is 93.2 Å². The number of hydrogen-bond acceptors (Lipinski definition) is 5. The molecule has 1 saturated carbocycles. The summed E-state index contributed by atoms with van der Waals surface area (Å²) in [5.41, 5.74) is 0.748. The molecule has 1 aliphatic carbocycles. The van der Waals surface area contributed by atoms with Crippen molar-refractivity contribution in [1.29, 1.82) is 0 Å². The van der Waals surface area contributed by atoms with Gasteiger partial charge in [0.05, 0.1) is 13.2 Å². The highest BCUT2D eigenvalue weighted by molar-refractivity contribution is 5.89. The van der Waals surface area contributed by atoms with Gasteiger partial charge in [0, 0.05) is 45.0 Å². The maximum Gasteiger partial charge on any atom is 0.321 e. The fourth-order valence-electron chi connectivity index (χ4n) is 4.54. The molecule has 31 heavy (non-hydrogen) atoms. The SMILES string of the molecule is COc1ccc(NC(=O)N2CCN(C(C(=O)NCCN(C)C)C3CCCC3)CC2)cc1. The molecule has 3 rings (SSSR count). The molecule has 0 bridgehead atoms. The molecule has 0 radical (unpaired) electrons. The third kappa shape index (κ3) is 6.58. The lowest BCUT2D eigenvalue weighted by atomic mass is 9.95. The van der Waals surface area contributed by atoms with E-state index >= 15 is 0 Å². The van der Waals surface area contributed by atoms with Gasteiger partial charge in [-0.25, -0.2) is 4.79 Å². The maximum atomic E-state index is 13.0. The number of urea groups is 1. The Morgan fingerprint density at radius 3 is 2.32 bits per heavy atom. The van der Waals surface area contributed by atoms with E-state index in [4.69, 9.17) is 4.74 Å². The normalized spacial score (nSPS) is 18.8. The molecule has 1 aromatic carbocycles. The van der Waals surface area contributed by atoms with E-state index in [1.165, 1.54) is 12.8 Å². The number of rotatable bonds is 8. The van der Waals surface area contributed by atoms with E-state index < -0.39 is 0 Å². The van der Waals surface area contributed by atoms with Crippen molar-refractivity contribution >= 4 is 17.6 Å². The van der Waals surface area contributed by atoms with Gasteiger partial charge >= 0.3 is 6.03 Å². The summed E-state index contributed by atoms with van der Waals surface area (Å²) in [4.78, 5) is 31.9. The third-order valence-corrected chi connectivity index (χ3v) is 6.31. The average Bonchev–Trinajstić information content (AvgIpc) is 3.29. The summed E-state index contributed by atoms with van der Waals surface area (Å²) >= 11 is 0. The molecule has 1 aliphatic heterocycles. The van der Waals surface area contributed by atoms with Crippen LogP contribution < -0.4 is 15.4 Å². The highest BCUT2D eigenvalue weighted by Gasteiger charge is 2.37. The van der Waals surface area contributed by atoms with Gasteiger partial charge in [-0.05, 0) is 57.1 Å². The standard InChI is InChI=1S/C23H37N5O3/c1-26(2)13-12-24-22(29)21(18-6-4-5-7-18)27-14-16-28(17-15-27)23(30)25-19-8-10-20(31-3)11-9-19/h8-11,18,21H,4-7,12-17H2,1-3H3,(H,24,29)(H,25,30). The lowest BCUT2D eigenvalue weighted by Gasteiger charge is -2.40. The van der Waals surface area contributed by atoms with Crippen molar-refractivity contribution in [2.45, 2.75) is 31.7 Å². The number of likely N-dealkylation sites (N-methyl/N-ethyl adjacent to an activating group) is 1. The molecule has 2 aliphatic rings. The molecule has 1 heterocycles. The first-order valence-corrected chi connectivity index (χ1v) is 11.3. The Bertz CT molecular complexity index is 710.